The van der Waals surface area contributed by atoms with Crippen LogP contribution in [0.1, 0.15) is 132 Å². The molecule has 6 nitrogen and oxygen atoms in total. The molecule has 1 unspecified atom stereocenters. The second kappa shape index (κ2) is 26.3. The molecule has 0 saturated carbocycles. The van der Waals surface area contributed by atoms with Gasteiger partial charge in [0.15, 0.2) is 0 Å². The van der Waals surface area contributed by atoms with E-state index in [0.29, 0.717) is 6.61 Å². The molecule has 7 heteroatoms. The van der Waals surface area contributed by atoms with Crippen molar-refractivity contribution in [2.24, 2.45) is 0 Å². The Morgan fingerprint density at radius 2 is 0.844 bits per heavy atom. The second-order valence-electron chi connectivity index (χ2n) is 12.8. The SMILES string of the molecule is CC(C)=CCC/C(C)=C/CC/C(C)=C/CC/C(C)=C/CC/C(C)=C/CC/C(C)=C/CC/C(C)=C/COCC(O)COP(=O)(O)O. The number of allylic oxidation sites excluding steroid dienone is 13. The average molecular weight is 649 g/mol. The minimum atomic E-state index is -4.57. The lowest BCUT2D eigenvalue weighted by Gasteiger charge is -2.11. The Hall–Kier alpha value is -1.79. The van der Waals surface area contributed by atoms with Gasteiger partial charge in [-0.15, -0.1) is 0 Å². The van der Waals surface area contributed by atoms with E-state index in [1.807, 2.05) is 6.08 Å². The lowest BCUT2D eigenvalue weighted by Crippen LogP contribution is -2.21. The number of phosphoric acid groups is 1. The van der Waals surface area contributed by atoms with Crippen LogP contribution in [0.3, 0.4) is 0 Å². The smallest absolute Gasteiger partial charge is 0.388 e. The Balaban J connectivity index is 4.16. The van der Waals surface area contributed by atoms with E-state index in [9.17, 15) is 9.67 Å². The molecular weight excluding hydrogens is 583 g/mol. The molecule has 0 aliphatic carbocycles. The highest BCUT2D eigenvalue weighted by Crippen LogP contribution is 2.35. The van der Waals surface area contributed by atoms with Crippen LogP contribution in [-0.2, 0) is 13.8 Å². The predicted molar refractivity (Wildman–Crippen MR) is 192 cm³/mol. The van der Waals surface area contributed by atoms with Gasteiger partial charge in [-0.2, -0.15) is 0 Å². The van der Waals surface area contributed by atoms with Crippen LogP contribution in [0.4, 0.5) is 0 Å². The molecule has 0 saturated heterocycles. The third-order valence-electron chi connectivity index (χ3n) is 7.54. The lowest BCUT2D eigenvalue weighted by molar-refractivity contribution is 0.0139. The summed E-state index contributed by atoms with van der Waals surface area (Å²) in [6.07, 6.45) is 28.3. The van der Waals surface area contributed by atoms with Crippen LogP contribution in [-0.4, -0.2) is 40.8 Å². The number of aliphatic hydroxyl groups excluding tert-OH is 1. The van der Waals surface area contributed by atoms with Crippen LogP contribution in [0.2, 0.25) is 0 Å². The maximum absolute atomic E-state index is 10.6. The van der Waals surface area contributed by atoms with E-state index in [2.05, 4.69) is 96.4 Å². The summed E-state index contributed by atoms with van der Waals surface area (Å²) in [5.74, 6) is 0. The molecule has 0 rings (SSSR count). The fraction of sp³-hybridized carbons (Fsp3) is 0.632. The summed E-state index contributed by atoms with van der Waals surface area (Å²) in [5, 5.41) is 9.62. The molecule has 0 aliphatic rings. The highest BCUT2D eigenvalue weighted by atomic mass is 31.2. The molecule has 0 spiro atoms. The van der Waals surface area contributed by atoms with Crippen molar-refractivity contribution in [2.45, 2.75) is 139 Å². The Bertz CT molecular complexity index is 1080. The van der Waals surface area contributed by atoms with Crippen molar-refractivity contribution in [2.75, 3.05) is 19.8 Å². The second-order valence-corrected chi connectivity index (χ2v) is 14.0. The van der Waals surface area contributed by atoms with Gasteiger partial charge in [-0.25, -0.2) is 4.57 Å². The summed E-state index contributed by atoms with van der Waals surface area (Å²) >= 11 is 0. The first-order valence-electron chi connectivity index (χ1n) is 16.7. The standard InChI is InChI=1S/C38H65O6P/c1-31(2)15-9-16-32(3)17-10-18-33(4)19-11-20-34(5)21-12-22-35(6)23-13-24-36(7)25-14-26-37(8)27-28-43-29-38(39)30-44-45(40,41)42/h15,17,19,21,23,25,27,38-39H,9-14,16,18,20,22,24,26,28-30H2,1-8H3,(H2,40,41,42)/b32-17+,33-19+,34-21+,35-23+,36-25+,37-27+. The van der Waals surface area contributed by atoms with E-state index in [1.54, 1.807) is 0 Å². The number of ether oxygens (including phenoxy) is 1. The van der Waals surface area contributed by atoms with Crippen LogP contribution in [0.5, 0.6) is 0 Å². The van der Waals surface area contributed by atoms with Gasteiger partial charge >= 0.3 is 7.82 Å². The molecule has 0 fully saturated rings. The molecular formula is C38H65O6P. The van der Waals surface area contributed by atoms with Gasteiger partial charge in [0, 0.05) is 0 Å². The van der Waals surface area contributed by atoms with Crippen LogP contribution >= 0.6 is 7.82 Å². The van der Waals surface area contributed by atoms with Crippen LogP contribution < -0.4 is 0 Å². The zero-order valence-corrected chi connectivity index (χ0v) is 30.6. The van der Waals surface area contributed by atoms with Crippen molar-refractivity contribution in [3.8, 4) is 0 Å². The van der Waals surface area contributed by atoms with E-state index >= 15 is 0 Å². The molecule has 0 amide bonds. The number of aliphatic hydroxyl groups is 1. The van der Waals surface area contributed by atoms with Gasteiger partial charge in [-0.3, -0.25) is 4.52 Å². The Morgan fingerprint density at radius 1 is 0.533 bits per heavy atom. The zero-order chi connectivity index (χ0) is 34.1. The van der Waals surface area contributed by atoms with Crippen LogP contribution in [0, 0.1) is 0 Å². The van der Waals surface area contributed by atoms with Gasteiger partial charge in [0.2, 0.25) is 0 Å². The summed E-state index contributed by atoms with van der Waals surface area (Å²) in [4.78, 5) is 17.3. The molecule has 3 N–H and O–H groups in total. The molecule has 0 aromatic carbocycles. The molecule has 258 valence electrons. The van der Waals surface area contributed by atoms with E-state index < -0.39 is 20.5 Å². The zero-order valence-electron chi connectivity index (χ0n) is 29.7. The van der Waals surface area contributed by atoms with Crippen molar-refractivity contribution in [3.05, 3.63) is 81.5 Å². The van der Waals surface area contributed by atoms with Crippen molar-refractivity contribution in [1.82, 2.24) is 0 Å². The largest absolute Gasteiger partial charge is 0.469 e. The predicted octanol–water partition coefficient (Wildman–Crippen LogP) is 10.8. The van der Waals surface area contributed by atoms with Crippen LogP contribution in [0.15, 0.2) is 81.5 Å². The number of rotatable bonds is 25. The van der Waals surface area contributed by atoms with Gasteiger partial charge in [0.05, 0.1) is 19.8 Å². The molecule has 0 aliphatic heterocycles. The highest BCUT2D eigenvalue weighted by molar-refractivity contribution is 7.46. The monoisotopic (exact) mass is 648 g/mol. The van der Waals surface area contributed by atoms with E-state index in [0.717, 1.165) is 70.6 Å². The first kappa shape index (κ1) is 43.2. The normalized spacial score (nSPS) is 15.1. The maximum atomic E-state index is 10.6. The van der Waals surface area contributed by atoms with Crippen LogP contribution in [0.25, 0.3) is 0 Å². The molecule has 1 atom stereocenters. The Morgan fingerprint density at radius 3 is 1.16 bits per heavy atom. The van der Waals surface area contributed by atoms with E-state index in [-0.39, 0.29) is 6.61 Å². The van der Waals surface area contributed by atoms with Gasteiger partial charge < -0.3 is 19.6 Å². The molecule has 0 heterocycles. The average Bonchev–Trinajstić information content (AvgIpc) is 2.93. The Kier molecular flexibility index (Phi) is 25.3. The van der Waals surface area contributed by atoms with Gasteiger partial charge in [-0.05, 0) is 132 Å². The fourth-order valence-electron chi connectivity index (χ4n) is 4.57. The van der Waals surface area contributed by atoms with Crippen molar-refractivity contribution in [3.63, 3.8) is 0 Å². The van der Waals surface area contributed by atoms with Gasteiger partial charge in [0.25, 0.3) is 0 Å². The first-order chi connectivity index (χ1) is 21.2. The first-order valence-corrected chi connectivity index (χ1v) is 18.2. The van der Waals surface area contributed by atoms with E-state index in [4.69, 9.17) is 14.5 Å². The number of hydrogen-bond donors (Lipinski definition) is 3. The Labute approximate surface area is 276 Å². The van der Waals surface area contributed by atoms with Crippen molar-refractivity contribution >= 4 is 7.82 Å². The molecule has 0 bridgehead atoms. The summed E-state index contributed by atoms with van der Waals surface area (Å²) in [7, 11) is -4.57. The summed E-state index contributed by atoms with van der Waals surface area (Å²) in [6, 6.07) is 0. The minimum Gasteiger partial charge on any atom is -0.388 e. The molecule has 0 aromatic heterocycles. The van der Waals surface area contributed by atoms with Gasteiger partial charge in [-0.1, -0.05) is 81.5 Å². The van der Waals surface area contributed by atoms with Crippen molar-refractivity contribution in [1.29, 1.82) is 0 Å². The third kappa shape index (κ3) is 30.6. The summed E-state index contributed by atoms with van der Waals surface area (Å²) < 4.78 is 20.2. The topological polar surface area (TPSA) is 96.2 Å². The minimum absolute atomic E-state index is 0.0426. The highest BCUT2D eigenvalue weighted by Gasteiger charge is 2.16. The summed E-state index contributed by atoms with van der Waals surface area (Å²) in [6.45, 7) is 17.4. The van der Waals surface area contributed by atoms with Crippen molar-refractivity contribution < 1.29 is 28.7 Å². The lowest BCUT2D eigenvalue weighted by atomic mass is 10.0. The molecule has 45 heavy (non-hydrogen) atoms. The van der Waals surface area contributed by atoms with Gasteiger partial charge in [0.1, 0.15) is 6.10 Å². The molecule has 0 aromatic rings. The molecule has 0 radical (unpaired) electrons. The van der Waals surface area contributed by atoms with E-state index in [1.165, 1.54) is 45.4 Å². The summed E-state index contributed by atoms with van der Waals surface area (Å²) in [5.41, 5.74) is 9.97. The maximum Gasteiger partial charge on any atom is 0.469 e. The number of hydrogen-bond acceptors (Lipinski definition) is 4. The fourth-order valence-corrected chi connectivity index (χ4v) is 4.93. The number of phosphoric ester groups is 1. The third-order valence-corrected chi connectivity index (χ3v) is 8.03. The quantitative estimate of drug-likeness (QED) is 0.0518.